The van der Waals surface area contributed by atoms with Gasteiger partial charge in [0.1, 0.15) is 13.2 Å². The van der Waals surface area contributed by atoms with Gasteiger partial charge in [-0.25, -0.2) is 0 Å². The van der Waals surface area contributed by atoms with Crippen LogP contribution in [-0.4, -0.2) is 37.2 Å². The largest absolute Gasteiger partial charge is 0.462 e. The number of rotatable bonds is 54. The van der Waals surface area contributed by atoms with E-state index in [0.717, 1.165) is 64.2 Å². The lowest BCUT2D eigenvalue weighted by Crippen LogP contribution is -2.30. The van der Waals surface area contributed by atoms with E-state index in [4.69, 9.17) is 14.2 Å². The van der Waals surface area contributed by atoms with Crippen LogP contribution in [0.25, 0.3) is 0 Å². The van der Waals surface area contributed by atoms with Gasteiger partial charge in [0.05, 0.1) is 0 Å². The zero-order valence-corrected chi connectivity index (χ0v) is 44.5. The second-order valence-corrected chi connectivity index (χ2v) is 19.9. The molecule has 388 valence electrons. The summed E-state index contributed by atoms with van der Waals surface area (Å²) in [4.78, 5) is 38.1. The summed E-state index contributed by atoms with van der Waals surface area (Å²) in [6.07, 6.45) is 64.6. The summed E-state index contributed by atoms with van der Waals surface area (Å²) in [7, 11) is 0. The average molecular weight is 930 g/mol. The van der Waals surface area contributed by atoms with Crippen molar-refractivity contribution in [1.29, 1.82) is 0 Å². The molecule has 0 aromatic carbocycles. The molecule has 0 N–H and O–H groups in total. The van der Waals surface area contributed by atoms with Crippen molar-refractivity contribution in [1.82, 2.24) is 0 Å². The molecule has 0 saturated heterocycles. The number of allylic oxidation sites excluding steroid dienone is 4. The summed E-state index contributed by atoms with van der Waals surface area (Å²) in [5, 5.41) is 0. The highest BCUT2D eigenvalue weighted by atomic mass is 16.6. The van der Waals surface area contributed by atoms with E-state index in [2.05, 4.69) is 45.1 Å². The third-order valence-electron chi connectivity index (χ3n) is 13.2. The molecule has 0 saturated carbocycles. The number of hydrogen-bond donors (Lipinski definition) is 0. The van der Waals surface area contributed by atoms with Crippen LogP contribution >= 0.6 is 0 Å². The fraction of sp³-hybridized carbons (Fsp3) is 0.883. The van der Waals surface area contributed by atoms with Gasteiger partial charge in [-0.05, 0) is 70.6 Å². The van der Waals surface area contributed by atoms with Crippen LogP contribution in [-0.2, 0) is 28.6 Å². The third-order valence-corrected chi connectivity index (χ3v) is 13.2. The first-order chi connectivity index (χ1) is 32.5. The first kappa shape index (κ1) is 63.9. The summed E-state index contributed by atoms with van der Waals surface area (Å²) in [5.74, 6) is -0.865. The van der Waals surface area contributed by atoms with Gasteiger partial charge in [-0.2, -0.15) is 0 Å². The minimum absolute atomic E-state index is 0.0712. The van der Waals surface area contributed by atoms with Crippen LogP contribution in [0.1, 0.15) is 323 Å². The van der Waals surface area contributed by atoms with E-state index in [9.17, 15) is 14.4 Å². The smallest absolute Gasteiger partial charge is 0.306 e. The monoisotopic (exact) mass is 929 g/mol. The van der Waals surface area contributed by atoms with E-state index >= 15 is 0 Å². The Morgan fingerprint density at radius 3 is 0.788 bits per heavy atom. The van der Waals surface area contributed by atoms with Gasteiger partial charge in [-0.3, -0.25) is 14.4 Å². The van der Waals surface area contributed by atoms with Crippen LogP contribution < -0.4 is 0 Å². The number of unbranched alkanes of at least 4 members (excludes halogenated alkanes) is 39. The molecular weight excluding hydrogens is 817 g/mol. The molecule has 0 aliphatic heterocycles. The van der Waals surface area contributed by atoms with Crippen LogP contribution in [0.5, 0.6) is 0 Å². The van der Waals surface area contributed by atoms with Crippen LogP contribution in [0.4, 0.5) is 0 Å². The quantitative estimate of drug-likeness (QED) is 0.0262. The van der Waals surface area contributed by atoms with E-state index in [1.54, 1.807) is 0 Å². The van der Waals surface area contributed by atoms with Crippen LogP contribution in [0.3, 0.4) is 0 Å². The molecule has 0 rings (SSSR count). The molecule has 0 aromatic heterocycles. The van der Waals surface area contributed by atoms with Gasteiger partial charge in [-0.1, -0.05) is 257 Å². The predicted octanol–water partition coefficient (Wildman–Crippen LogP) is 19.5. The minimum atomic E-state index is -0.773. The Balaban J connectivity index is 4.30. The lowest BCUT2D eigenvalue weighted by molar-refractivity contribution is -0.167. The van der Waals surface area contributed by atoms with Crippen molar-refractivity contribution in [2.75, 3.05) is 13.2 Å². The molecule has 1 unspecified atom stereocenters. The molecule has 66 heavy (non-hydrogen) atoms. The van der Waals surface area contributed by atoms with E-state index in [1.807, 2.05) is 0 Å². The average Bonchev–Trinajstić information content (AvgIpc) is 3.31. The summed E-state index contributed by atoms with van der Waals surface area (Å²) >= 11 is 0. The molecule has 0 radical (unpaired) electrons. The molecule has 0 fully saturated rings. The topological polar surface area (TPSA) is 78.9 Å². The molecule has 0 spiro atoms. The maximum absolute atomic E-state index is 12.8. The normalized spacial score (nSPS) is 12.1. The highest BCUT2D eigenvalue weighted by Gasteiger charge is 2.19. The van der Waals surface area contributed by atoms with Gasteiger partial charge in [0.2, 0.25) is 0 Å². The maximum Gasteiger partial charge on any atom is 0.306 e. The second kappa shape index (κ2) is 55.5. The second-order valence-electron chi connectivity index (χ2n) is 19.9. The Bertz CT molecular complexity index is 1070. The zero-order chi connectivity index (χ0) is 47.9. The molecule has 0 heterocycles. The summed E-state index contributed by atoms with van der Waals surface area (Å²) in [6.45, 7) is 6.65. The maximum atomic E-state index is 12.8. The van der Waals surface area contributed by atoms with E-state index in [1.165, 1.54) is 218 Å². The van der Waals surface area contributed by atoms with Gasteiger partial charge >= 0.3 is 17.9 Å². The van der Waals surface area contributed by atoms with Gasteiger partial charge in [0.25, 0.3) is 0 Å². The standard InChI is InChI=1S/C60H112O6/c1-4-7-10-13-16-19-22-25-27-29-30-32-33-35-38-41-44-47-50-53-59(62)65-56-57(55-64-58(61)52-49-46-43-40-37-24-21-18-15-12-9-6-3)66-60(63)54-51-48-45-42-39-36-34-31-28-26-23-20-17-14-11-8-5-2/h18,21,26,28,57H,4-17,19-20,22-25,27,29-56H2,1-3H3/b21-18-,28-26-. The zero-order valence-electron chi connectivity index (χ0n) is 44.5. The van der Waals surface area contributed by atoms with Crippen molar-refractivity contribution in [3.63, 3.8) is 0 Å². The molecule has 0 aliphatic carbocycles. The molecule has 0 aliphatic rings. The Hall–Kier alpha value is -2.11. The van der Waals surface area contributed by atoms with E-state index in [0.29, 0.717) is 19.3 Å². The Morgan fingerprint density at radius 2 is 0.500 bits per heavy atom. The summed E-state index contributed by atoms with van der Waals surface area (Å²) < 4.78 is 16.9. The number of carbonyl (C=O) groups is 3. The molecule has 1 atom stereocenters. The molecular formula is C60H112O6. The fourth-order valence-corrected chi connectivity index (χ4v) is 8.73. The van der Waals surface area contributed by atoms with E-state index in [-0.39, 0.29) is 31.1 Å². The van der Waals surface area contributed by atoms with Crippen molar-refractivity contribution < 1.29 is 28.6 Å². The van der Waals surface area contributed by atoms with Crippen molar-refractivity contribution in [3.05, 3.63) is 24.3 Å². The van der Waals surface area contributed by atoms with Gasteiger partial charge in [0.15, 0.2) is 6.10 Å². The molecule has 6 nitrogen and oxygen atoms in total. The van der Waals surface area contributed by atoms with Crippen molar-refractivity contribution >= 4 is 17.9 Å². The lowest BCUT2D eigenvalue weighted by Gasteiger charge is -2.18. The minimum Gasteiger partial charge on any atom is -0.462 e. The molecule has 6 heteroatoms. The third kappa shape index (κ3) is 52.9. The van der Waals surface area contributed by atoms with Crippen LogP contribution in [0, 0.1) is 0 Å². The first-order valence-corrected chi connectivity index (χ1v) is 29.3. The number of carbonyl (C=O) groups excluding carboxylic acids is 3. The Labute approximate surface area is 411 Å². The number of ether oxygens (including phenoxy) is 3. The van der Waals surface area contributed by atoms with Crippen LogP contribution in [0.2, 0.25) is 0 Å². The van der Waals surface area contributed by atoms with E-state index < -0.39 is 6.10 Å². The van der Waals surface area contributed by atoms with Gasteiger partial charge in [-0.15, -0.1) is 0 Å². The summed E-state index contributed by atoms with van der Waals surface area (Å²) in [6, 6.07) is 0. The lowest BCUT2D eigenvalue weighted by atomic mass is 10.0. The fourth-order valence-electron chi connectivity index (χ4n) is 8.73. The highest BCUT2D eigenvalue weighted by molar-refractivity contribution is 5.71. The molecule has 0 bridgehead atoms. The summed E-state index contributed by atoms with van der Waals surface area (Å²) in [5.41, 5.74) is 0. The Kier molecular flexibility index (Phi) is 53.7. The van der Waals surface area contributed by atoms with Crippen molar-refractivity contribution in [2.45, 2.75) is 329 Å². The predicted molar refractivity (Wildman–Crippen MR) is 284 cm³/mol. The van der Waals surface area contributed by atoms with Gasteiger partial charge < -0.3 is 14.2 Å². The first-order valence-electron chi connectivity index (χ1n) is 29.3. The Morgan fingerprint density at radius 1 is 0.288 bits per heavy atom. The van der Waals surface area contributed by atoms with Gasteiger partial charge in [0, 0.05) is 19.3 Å². The SMILES string of the molecule is CCCCC/C=C\CCCCCCCC(=O)OCC(COC(=O)CCCCCCCCCCCCCCCCCCCCC)OC(=O)CCCCCCCCC/C=C\CCCCCCCC. The highest BCUT2D eigenvalue weighted by Crippen LogP contribution is 2.17. The molecule has 0 aromatic rings. The van der Waals surface area contributed by atoms with Crippen molar-refractivity contribution in [2.24, 2.45) is 0 Å². The number of esters is 3. The van der Waals surface area contributed by atoms with Crippen molar-refractivity contribution in [3.8, 4) is 0 Å². The molecule has 0 amide bonds. The van der Waals surface area contributed by atoms with Crippen LogP contribution in [0.15, 0.2) is 24.3 Å². The number of hydrogen-bond acceptors (Lipinski definition) is 6.